The van der Waals surface area contributed by atoms with E-state index in [2.05, 4.69) is 25.6 Å². The predicted octanol–water partition coefficient (Wildman–Crippen LogP) is 1.27. The van der Waals surface area contributed by atoms with Crippen molar-refractivity contribution >= 4 is 28.5 Å². The number of nitrogens with zero attached hydrogens (tertiary/aromatic N) is 3. The second-order valence-electron chi connectivity index (χ2n) is 5.31. The van der Waals surface area contributed by atoms with Gasteiger partial charge in [0, 0.05) is 24.2 Å². The normalized spacial score (nSPS) is 12.7. The number of pyridine rings is 1. The molecular formula is C16H23N7. The van der Waals surface area contributed by atoms with E-state index >= 15 is 0 Å². The van der Waals surface area contributed by atoms with Crippen molar-refractivity contribution in [2.45, 2.75) is 19.9 Å². The summed E-state index contributed by atoms with van der Waals surface area (Å²) in [6.45, 7) is 5.02. The van der Waals surface area contributed by atoms with Gasteiger partial charge in [-0.15, -0.1) is 0 Å². The monoisotopic (exact) mass is 313 g/mol. The topological polar surface area (TPSA) is 114 Å². The Morgan fingerprint density at radius 3 is 2.74 bits per heavy atom. The van der Waals surface area contributed by atoms with Gasteiger partial charge in [0.15, 0.2) is 11.9 Å². The van der Waals surface area contributed by atoms with Gasteiger partial charge in [-0.3, -0.25) is 20.3 Å². The smallest absolute Gasteiger partial charge is 0.195 e. The maximum atomic E-state index is 5.76. The third kappa shape index (κ3) is 5.14. The molecule has 2 rings (SSSR count). The fourth-order valence-electron chi connectivity index (χ4n) is 2.09. The van der Waals surface area contributed by atoms with E-state index in [1.165, 1.54) is 0 Å². The summed E-state index contributed by atoms with van der Waals surface area (Å²) < 4.78 is 0. The molecule has 2 aromatic rings. The highest BCUT2D eigenvalue weighted by Crippen LogP contribution is 2.20. The number of fused-ring (bicyclic) bond motifs is 1. The average molecular weight is 313 g/mol. The summed E-state index contributed by atoms with van der Waals surface area (Å²) in [5, 5.41) is 7.17. The molecule has 0 saturated carbocycles. The number of guanidine groups is 2. The highest BCUT2D eigenvalue weighted by molar-refractivity contribution is 5.97. The number of benzene rings is 1. The highest BCUT2D eigenvalue weighted by atomic mass is 15.2. The van der Waals surface area contributed by atoms with Crippen LogP contribution in [0.25, 0.3) is 10.9 Å². The predicted molar refractivity (Wildman–Crippen MR) is 96.6 cm³/mol. The van der Waals surface area contributed by atoms with Crippen LogP contribution in [0.1, 0.15) is 13.8 Å². The van der Waals surface area contributed by atoms with Crippen LogP contribution in [0.4, 0.5) is 5.69 Å². The Kier molecular flexibility index (Phi) is 5.74. The minimum atomic E-state index is 0.107. The fraction of sp³-hybridized carbons (Fsp3) is 0.312. The zero-order valence-corrected chi connectivity index (χ0v) is 13.5. The molecule has 6 N–H and O–H groups in total. The van der Waals surface area contributed by atoms with Crippen LogP contribution in [0.2, 0.25) is 0 Å². The number of aromatic nitrogens is 1. The lowest BCUT2D eigenvalue weighted by Gasteiger charge is -2.09. The number of anilines is 1. The molecule has 23 heavy (non-hydrogen) atoms. The Labute approximate surface area is 135 Å². The number of hydrogen-bond donors (Lipinski definition) is 4. The first kappa shape index (κ1) is 16.5. The fourth-order valence-corrected chi connectivity index (χ4v) is 2.09. The van der Waals surface area contributed by atoms with Crippen LogP contribution in [0, 0.1) is 0 Å². The van der Waals surface area contributed by atoms with Crippen LogP contribution in [0.3, 0.4) is 0 Å². The van der Waals surface area contributed by atoms with Crippen molar-refractivity contribution in [1.29, 1.82) is 0 Å². The summed E-state index contributed by atoms with van der Waals surface area (Å²) in [7, 11) is 0. The molecule has 7 heteroatoms. The maximum absolute atomic E-state index is 5.76. The number of rotatable bonds is 5. The Hall–Kier alpha value is -2.83. The molecular weight excluding hydrogens is 290 g/mol. The number of aliphatic imine (C=N–C) groups is 2. The Balaban J connectivity index is 1.88. The molecule has 0 spiro atoms. The van der Waals surface area contributed by atoms with Gasteiger partial charge in [0.25, 0.3) is 0 Å². The molecule has 1 aromatic carbocycles. The summed E-state index contributed by atoms with van der Waals surface area (Å²) in [4.78, 5) is 12.7. The van der Waals surface area contributed by atoms with E-state index < -0.39 is 0 Å². The van der Waals surface area contributed by atoms with Crippen LogP contribution in [0.5, 0.6) is 0 Å². The van der Waals surface area contributed by atoms with Gasteiger partial charge in [-0.05, 0) is 26.0 Å². The number of nitrogens with one attached hydrogen (secondary N) is 2. The van der Waals surface area contributed by atoms with Crippen molar-refractivity contribution in [1.82, 2.24) is 10.3 Å². The van der Waals surface area contributed by atoms with Crippen LogP contribution in [-0.2, 0) is 0 Å². The minimum absolute atomic E-state index is 0.107. The summed E-state index contributed by atoms with van der Waals surface area (Å²) in [5.41, 5.74) is 13.4. The third-order valence-electron chi connectivity index (χ3n) is 3.00. The molecule has 122 valence electrons. The summed E-state index contributed by atoms with van der Waals surface area (Å²) in [5.74, 6) is 0.525. The molecule has 0 unspecified atom stereocenters. The van der Waals surface area contributed by atoms with Gasteiger partial charge in [-0.1, -0.05) is 18.2 Å². The van der Waals surface area contributed by atoms with Gasteiger partial charge in [0.1, 0.15) is 0 Å². The lowest BCUT2D eigenvalue weighted by Crippen LogP contribution is -2.42. The van der Waals surface area contributed by atoms with E-state index in [-0.39, 0.29) is 18.0 Å². The number of nitrogens with two attached hydrogens (primary N) is 2. The standard InChI is InChI=1S/C16H23N7/c1-11(2)22-16(18)23-15(17)21-10-9-19-13-7-3-5-12-6-4-8-20-14(12)13/h3-8,11,19H,9-10H2,1-2H3,(H5,17,18,21,22,23). The van der Waals surface area contributed by atoms with Crippen molar-refractivity contribution in [3.8, 4) is 0 Å². The molecule has 0 aliphatic heterocycles. The molecule has 0 aliphatic carbocycles. The van der Waals surface area contributed by atoms with E-state index in [0.717, 1.165) is 16.6 Å². The molecule has 0 fully saturated rings. The number of para-hydroxylation sites is 1. The second kappa shape index (κ2) is 7.98. The van der Waals surface area contributed by atoms with E-state index in [9.17, 15) is 0 Å². The molecule has 0 atom stereocenters. The van der Waals surface area contributed by atoms with Crippen LogP contribution in [0.15, 0.2) is 46.5 Å². The highest BCUT2D eigenvalue weighted by Gasteiger charge is 2.00. The summed E-state index contributed by atoms with van der Waals surface area (Å²) in [6, 6.07) is 10.1. The van der Waals surface area contributed by atoms with Gasteiger partial charge in [-0.2, -0.15) is 0 Å². The molecule has 1 aromatic heterocycles. The zero-order valence-electron chi connectivity index (χ0n) is 13.5. The quantitative estimate of drug-likeness (QED) is 0.377. The van der Waals surface area contributed by atoms with Crippen molar-refractivity contribution in [2.75, 3.05) is 18.4 Å². The maximum Gasteiger partial charge on any atom is 0.195 e. The Bertz CT molecular complexity index is 701. The molecule has 1 heterocycles. The summed E-state index contributed by atoms with van der Waals surface area (Å²) >= 11 is 0. The summed E-state index contributed by atoms with van der Waals surface area (Å²) in [6.07, 6.45) is 1.78. The minimum Gasteiger partial charge on any atom is -0.381 e. The molecule has 0 radical (unpaired) electrons. The van der Waals surface area contributed by atoms with Gasteiger partial charge in [0.05, 0.1) is 17.7 Å². The van der Waals surface area contributed by atoms with Crippen LogP contribution >= 0.6 is 0 Å². The first-order chi connectivity index (χ1) is 11.1. The van der Waals surface area contributed by atoms with Gasteiger partial charge < -0.3 is 16.8 Å². The largest absolute Gasteiger partial charge is 0.381 e. The lowest BCUT2D eigenvalue weighted by molar-refractivity contribution is 0.827. The first-order valence-corrected chi connectivity index (χ1v) is 7.54. The number of hydrogen-bond acceptors (Lipinski definition) is 4. The SMILES string of the molecule is CC(C)N=C(N)NC(N)=NCCNc1cccc2cccnc12. The van der Waals surface area contributed by atoms with E-state index in [0.29, 0.717) is 13.1 Å². The van der Waals surface area contributed by atoms with Crippen LogP contribution < -0.4 is 22.1 Å². The van der Waals surface area contributed by atoms with Gasteiger partial charge in [0.2, 0.25) is 0 Å². The third-order valence-corrected chi connectivity index (χ3v) is 3.00. The van der Waals surface area contributed by atoms with E-state index in [1.807, 2.05) is 44.2 Å². The first-order valence-electron chi connectivity index (χ1n) is 7.54. The van der Waals surface area contributed by atoms with Gasteiger partial charge in [-0.25, -0.2) is 0 Å². The average Bonchev–Trinajstić information content (AvgIpc) is 2.50. The van der Waals surface area contributed by atoms with Gasteiger partial charge >= 0.3 is 0 Å². The second-order valence-corrected chi connectivity index (χ2v) is 5.31. The zero-order chi connectivity index (χ0) is 16.7. The molecule has 7 nitrogen and oxygen atoms in total. The van der Waals surface area contributed by atoms with E-state index in [4.69, 9.17) is 11.5 Å². The molecule has 0 bridgehead atoms. The van der Waals surface area contributed by atoms with E-state index in [1.54, 1.807) is 6.20 Å². The van der Waals surface area contributed by atoms with Crippen molar-refractivity contribution in [3.05, 3.63) is 36.5 Å². The van der Waals surface area contributed by atoms with Crippen LogP contribution in [-0.4, -0.2) is 36.0 Å². The molecule has 0 saturated heterocycles. The Morgan fingerprint density at radius 2 is 1.96 bits per heavy atom. The van der Waals surface area contributed by atoms with Crippen molar-refractivity contribution in [3.63, 3.8) is 0 Å². The molecule has 0 aliphatic rings. The van der Waals surface area contributed by atoms with Crippen molar-refractivity contribution in [2.24, 2.45) is 21.5 Å². The lowest BCUT2D eigenvalue weighted by atomic mass is 10.2. The Morgan fingerprint density at radius 1 is 1.17 bits per heavy atom. The van der Waals surface area contributed by atoms with Crippen molar-refractivity contribution < 1.29 is 0 Å². The molecule has 0 amide bonds.